The molecule has 0 saturated carbocycles. The average Bonchev–Trinajstić information content (AvgIpc) is 2.55. The maximum Gasteiger partial charge on any atom is 0.343 e. The second-order valence-electron chi connectivity index (χ2n) is 5.77. The topological polar surface area (TPSA) is 77.8 Å². The number of hydrogen-bond donors (Lipinski definition) is 2. The highest BCUT2D eigenvalue weighted by molar-refractivity contribution is 6.49. The van der Waals surface area contributed by atoms with Crippen molar-refractivity contribution in [2.75, 3.05) is 18.0 Å². The lowest BCUT2D eigenvalue weighted by atomic mass is 10.1. The van der Waals surface area contributed by atoms with Crippen LogP contribution in [-0.4, -0.2) is 35.2 Å². The number of anilines is 1. The fraction of sp³-hybridized carbons (Fsp3) is 0.300. The van der Waals surface area contributed by atoms with E-state index in [9.17, 15) is 9.59 Å². The number of hydrogen-bond acceptors (Lipinski definition) is 3. The fourth-order valence-corrected chi connectivity index (χ4v) is 2.89. The summed E-state index contributed by atoms with van der Waals surface area (Å²) < 4.78 is 0. The predicted octanol–water partition coefficient (Wildman–Crippen LogP) is 4.54. The first kappa shape index (κ1) is 21.5. The summed E-state index contributed by atoms with van der Waals surface area (Å²) in [5.74, 6) is -2.94. The van der Waals surface area contributed by atoms with Gasteiger partial charge in [0.05, 0.1) is 0 Å². The van der Waals surface area contributed by atoms with E-state index in [1.54, 1.807) is 13.0 Å². The van der Waals surface area contributed by atoms with Crippen LogP contribution in [0.4, 0.5) is 5.69 Å². The molecule has 0 saturated heterocycles. The van der Waals surface area contributed by atoms with Crippen molar-refractivity contribution in [3.63, 3.8) is 0 Å². The molecule has 1 rings (SSSR count). The zero-order valence-electron chi connectivity index (χ0n) is 15.4. The SMILES string of the molecule is CCN(CC)c1ccc(/C(Cl)=C/C(C)=C/C(C)=C(C(=O)O)C(=O)O)cc1. The molecule has 1 aromatic rings. The summed E-state index contributed by atoms with van der Waals surface area (Å²) in [7, 11) is 0. The van der Waals surface area contributed by atoms with Crippen LogP contribution < -0.4 is 4.90 Å². The number of nitrogens with zero attached hydrogens (tertiary/aromatic N) is 1. The third-order valence-electron chi connectivity index (χ3n) is 3.89. The predicted molar refractivity (Wildman–Crippen MR) is 106 cm³/mol. The lowest BCUT2D eigenvalue weighted by Gasteiger charge is -2.21. The number of carboxylic acid groups (broad SMARTS) is 2. The van der Waals surface area contributed by atoms with E-state index >= 15 is 0 Å². The van der Waals surface area contributed by atoms with Gasteiger partial charge < -0.3 is 15.1 Å². The van der Waals surface area contributed by atoms with Gasteiger partial charge in [0.2, 0.25) is 0 Å². The van der Waals surface area contributed by atoms with E-state index in [0.717, 1.165) is 24.3 Å². The molecule has 0 atom stereocenters. The summed E-state index contributed by atoms with van der Waals surface area (Å²) in [5, 5.41) is 18.5. The number of carboxylic acids is 2. The van der Waals surface area contributed by atoms with Crippen molar-refractivity contribution in [3.05, 3.63) is 58.7 Å². The molecule has 0 spiro atoms. The second kappa shape index (κ2) is 9.82. The van der Waals surface area contributed by atoms with Crippen LogP contribution in [0.1, 0.15) is 33.3 Å². The molecule has 0 unspecified atom stereocenters. The van der Waals surface area contributed by atoms with Crippen LogP contribution in [0.2, 0.25) is 0 Å². The molecule has 6 heteroatoms. The minimum absolute atomic E-state index is 0.153. The van der Waals surface area contributed by atoms with E-state index in [2.05, 4.69) is 18.7 Å². The summed E-state index contributed by atoms with van der Waals surface area (Å²) >= 11 is 6.35. The molecule has 0 heterocycles. The first-order valence-corrected chi connectivity index (χ1v) is 8.67. The van der Waals surface area contributed by atoms with Crippen LogP contribution in [0.25, 0.3) is 5.03 Å². The Morgan fingerprint density at radius 2 is 1.50 bits per heavy atom. The molecule has 0 bridgehead atoms. The van der Waals surface area contributed by atoms with Gasteiger partial charge in [-0.3, -0.25) is 0 Å². The maximum atomic E-state index is 11.0. The van der Waals surface area contributed by atoms with E-state index in [0.29, 0.717) is 10.6 Å². The minimum Gasteiger partial charge on any atom is -0.477 e. The van der Waals surface area contributed by atoms with Crippen LogP contribution in [0.3, 0.4) is 0 Å². The molecular weight excluding hydrogens is 354 g/mol. The molecule has 0 aromatic heterocycles. The Morgan fingerprint density at radius 3 is 1.92 bits per heavy atom. The quantitative estimate of drug-likeness (QED) is 0.301. The second-order valence-corrected chi connectivity index (χ2v) is 6.18. The van der Waals surface area contributed by atoms with Crippen molar-refractivity contribution < 1.29 is 19.8 Å². The molecule has 0 aliphatic rings. The standard InChI is InChI=1S/C20H24ClNO4/c1-5-22(6-2)16-9-7-15(8-10-16)17(21)12-13(3)11-14(4)18(19(23)24)20(25)26/h7-12H,5-6H2,1-4H3,(H,23,24)(H,25,26)/b13-11+,17-12-. The van der Waals surface area contributed by atoms with Gasteiger partial charge in [0.25, 0.3) is 0 Å². The highest BCUT2D eigenvalue weighted by atomic mass is 35.5. The summed E-state index contributed by atoms with van der Waals surface area (Å²) in [5.41, 5.74) is 2.09. The number of halogens is 1. The van der Waals surface area contributed by atoms with Gasteiger partial charge in [-0.15, -0.1) is 0 Å². The first-order valence-electron chi connectivity index (χ1n) is 8.29. The van der Waals surface area contributed by atoms with Gasteiger partial charge in [-0.2, -0.15) is 0 Å². The Balaban J connectivity index is 3.10. The Labute approximate surface area is 158 Å². The van der Waals surface area contributed by atoms with Crippen molar-refractivity contribution >= 4 is 34.3 Å². The molecule has 2 N–H and O–H groups in total. The molecule has 1 aromatic carbocycles. The number of carbonyl (C=O) groups is 2. The van der Waals surface area contributed by atoms with Gasteiger partial charge in [0.15, 0.2) is 0 Å². The normalized spacial score (nSPS) is 11.9. The molecule has 140 valence electrons. The van der Waals surface area contributed by atoms with Crippen LogP contribution in [-0.2, 0) is 9.59 Å². The van der Waals surface area contributed by atoms with Crippen molar-refractivity contribution in [1.29, 1.82) is 0 Å². The largest absolute Gasteiger partial charge is 0.477 e. The number of aliphatic carboxylic acids is 2. The van der Waals surface area contributed by atoms with E-state index in [4.69, 9.17) is 21.8 Å². The first-order chi connectivity index (χ1) is 12.2. The third kappa shape index (κ3) is 5.77. The Morgan fingerprint density at radius 1 is 1.00 bits per heavy atom. The maximum absolute atomic E-state index is 11.0. The summed E-state index contributed by atoms with van der Waals surface area (Å²) in [4.78, 5) is 24.3. The Bertz CT molecular complexity index is 741. The average molecular weight is 378 g/mol. The smallest absolute Gasteiger partial charge is 0.343 e. The molecule has 0 aliphatic carbocycles. The van der Waals surface area contributed by atoms with Gasteiger partial charge in [-0.1, -0.05) is 29.8 Å². The van der Waals surface area contributed by atoms with Crippen molar-refractivity contribution in [2.24, 2.45) is 0 Å². The lowest BCUT2D eigenvalue weighted by molar-refractivity contribution is -0.140. The fourth-order valence-electron chi connectivity index (χ4n) is 2.59. The monoisotopic (exact) mass is 377 g/mol. The lowest BCUT2D eigenvalue weighted by Crippen LogP contribution is -2.21. The zero-order valence-corrected chi connectivity index (χ0v) is 16.2. The Kier molecular flexibility index (Phi) is 8.13. The molecule has 26 heavy (non-hydrogen) atoms. The third-order valence-corrected chi connectivity index (χ3v) is 4.22. The summed E-state index contributed by atoms with van der Waals surface area (Å²) in [6.45, 7) is 9.21. The van der Waals surface area contributed by atoms with Crippen LogP contribution in [0, 0.1) is 0 Å². The van der Waals surface area contributed by atoms with Gasteiger partial charge in [0, 0.05) is 23.8 Å². The van der Waals surface area contributed by atoms with Gasteiger partial charge in [0.1, 0.15) is 5.57 Å². The van der Waals surface area contributed by atoms with Gasteiger partial charge >= 0.3 is 11.9 Å². The van der Waals surface area contributed by atoms with E-state index in [1.807, 2.05) is 24.3 Å². The minimum atomic E-state index is -1.47. The van der Waals surface area contributed by atoms with Crippen LogP contribution in [0.5, 0.6) is 0 Å². The number of rotatable bonds is 8. The zero-order chi connectivity index (χ0) is 19.9. The van der Waals surface area contributed by atoms with E-state index < -0.39 is 17.5 Å². The highest BCUT2D eigenvalue weighted by Crippen LogP contribution is 2.24. The van der Waals surface area contributed by atoms with Crippen LogP contribution in [0.15, 0.2) is 53.1 Å². The van der Waals surface area contributed by atoms with Crippen molar-refractivity contribution in [3.8, 4) is 0 Å². The van der Waals surface area contributed by atoms with Crippen molar-refractivity contribution in [2.45, 2.75) is 27.7 Å². The van der Waals surface area contributed by atoms with Gasteiger partial charge in [-0.25, -0.2) is 9.59 Å². The molecule has 0 radical (unpaired) electrons. The van der Waals surface area contributed by atoms with Crippen molar-refractivity contribution in [1.82, 2.24) is 0 Å². The van der Waals surface area contributed by atoms with E-state index in [-0.39, 0.29) is 5.57 Å². The Hall–Kier alpha value is -2.53. The summed E-state index contributed by atoms with van der Waals surface area (Å²) in [6.07, 6.45) is 3.17. The van der Waals surface area contributed by atoms with Gasteiger partial charge in [-0.05, 0) is 62.6 Å². The summed E-state index contributed by atoms with van der Waals surface area (Å²) in [6, 6.07) is 7.83. The molecular formula is C20H24ClNO4. The number of allylic oxidation sites excluding steroid dienone is 4. The highest BCUT2D eigenvalue weighted by Gasteiger charge is 2.18. The molecule has 0 amide bonds. The molecule has 0 fully saturated rings. The molecule has 0 aliphatic heterocycles. The van der Waals surface area contributed by atoms with Crippen LogP contribution >= 0.6 is 11.6 Å². The molecule has 5 nitrogen and oxygen atoms in total. The number of benzene rings is 1. The van der Waals surface area contributed by atoms with E-state index in [1.165, 1.54) is 13.0 Å².